The van der Waals surface area contributed by atoms with Crippen LogP contribution in [0.2, 0.25) is 0 Å². The molecule has 1 fully saturated rings. The summed E-state index contributed by atoms with van der Waals surface area (Å²) in [7, 11) is 0. The van der Waals surface area contributed by atoms with Gasteiger partial charge in [-0.05, 0) is 32.0 Å². The number of β-amino-alcohol motifs (C(OH)–C–C–N with tert-alkyl or cyclic N) is 1. The second kappa shape index (κ2) is 7.99. The Labute approximate surface area is 148 Å². The van der Waals surface area contributed by atoms with Gasteiger partial charge in [0.2, 0.25) is 0 Å². The van der Waals surface area contributed by atoms with Crippen molar-refractivity contribution in [3.8, 4) is 0 Å². The molecule has 1 aromatic carbocycles. The number of aliphatic hydroxyl groups is 1. The van der Waals surface area contributed by atoms with Crippen molar-refractivity contribution in [1.82, 2.24) is 9.80 Å². The summed E-state index contributed by atoms with van der Waals surface area (Å²) in [6, 6.07) is 7.72. The lowest BCUT2D eigenvalue weighted by molar-refractivity contribution is 0.0108. The van der Waals surface area contributed by atoms with E-state index in [9.17, 15) is 9.90 Å². The number of aryl methyl sites for hydroxylation is 1. The van der Waals surface area contributed by atoms with E-state index in [0.717, 1.165) is 29.6 Å². The molecule has 0 bridgehead atoms. The van der Waals surface area contributed by atoms with E-state index in [-0.39, 0.29) is 5.91 Å². The van der Waals surface area contributed by atoms with Crippen LogP contribution in [0.4, 0.5) is 0 Å². The predicted molar refractivity (Wildman–Crippen MR) is 95.8 cm³/mol. The molecular formula is C19H26N2O4. The molecule has 6 nitrogen and oxygen atoms in total. The first kappa shape index (κ1) is 17.9. The van der Waals surface area contributed by atoms with Gasteiger partial charge < -0.3 is 19.2 Å². The lowest BCUT2D eigenvalue weighted by Gasteiger charge is -2.35. The highest BCUT2D eigenvalue weighted by molar-refractivity contribution is 5.96. The van der Waals surface area contributed by atoms with Crippen molar-refractivity contribution in [2.45, 2.75) is 20.0 Å². The number of amides is 1. The number of piperazine rings is 1. The lowest BCUT2D eigenvalue weighted by atomic mass is 10.2. The Kier molecular flexibility index (Phi) is 5.73. The minimum absolute atomic E-state index is 0.0663. The Bertz CT molecular complexity index is 719. The highest BCUT2D eigenvalue weighted by Gasteiger charge is 2.25. The van der Waals surface area contributed by atoms with Gasteiger partial charge in [-0.1, -0.05) is 11.6 Å². The average Bonchev–Trinajstić information content (AvgIpc) is 3.03. The summed E-state index contributed by atoms with van der Waals surface area (Å²) in [6.07, 6.45) is -0.485. The zero-order valence-electron chi connectivity index (χ0n) is 14.9. The second-order valence-electron chi connectivity index (χ2n) is 6.56. The van der Waals surface area contributed by atoms with Gasteiger partial charge in [0.1, 0.15) is 5.58 Å². The van der Waals surface area contributed by atoms with Gasteiger partial charge in [-0.15, -0.1) is 0 Å². The van der Waals surface area contributed by atoms with Crippen LogP contribution in [0.15, 0.2) is 28.7 Å². The number of nitrogens with zero attached hydrogens (tertiary/aromatic N) is 2. The third kappa shape index (κ3) is 4.39. The van der Waals surface area contributed by atoms with Crippen LogP contribution in [-0.2, 0) is 4.74 Å². The van der Waals surface area contributed by atoms with E-state index in [1.807, 2.05) is 43.0 Å². The summed E-state index contributed by atoms with van der Waals surface area (Å²) < 4.78 is 10.9. The summed E-state index contributed by atoms with van der Waals surface area (Å²) in [5.41, 5.74) is 1.89. The normalized spacial score (nSPS) is 17.2. The first-order valence-corrected chi connectivity index (χ1v) is 8.84. The van der Waals surface area contributed by atoms with E-state index in [2.05, 4.69) is 4.90 Å². The van der Waals surface area contributed by atoms with Crippen molar-refractivity contribution in [3.63, 3.8) is 0 Å². The number of hydrogen-bond donors (Lipinski definition) is 1. The molecule has 136 valence electrons. The van der Waals surface area contributed by atoms with Crippen LogP contribution >= 0.6 is 0 Å². The third-order valence-corrected chi connectivity index (χ3v) is 4.53. The van der Waals surface area contributed by atoms with Gasteiger partial charge in [0.05, 0.1) is 12.7 Å². The summed E-state index contributed by atoms with van der Waals surface area (Å²) in [5.74, 6) is 0.328. The van der Waals surface area contributed by atoms with Crippen molar-refractivity contribution in [1.29, 1.82) is 0 Å². The average molecular weight is 346 g/mol. The van der Waals surface area contributed by atoms with Crippen LogP contribution in [-0.4, -0.2) is 72.9 Å². The molecule has 0 unspecified atom stereocenters. The maximum atomic E-state index is 12.7. The van der Waals surface area contributed by atoms with E-state index in [1.165, 1.54) is 0 Å². The Hall–Kier alpha value is -1.89. The SMILES string of the molecule is CCOC[C@@H](O)CN1CCN(C(=O)c2cc3cc(C)ccc3o2)CC1. The zero-order chi connectivity index (χ0) is 17.8. The molecule has 3 rings (SSSR count). The molecule has 1 N–H and O–H groups in total. The smallest absolute Gasteiger partial charge is 0.289 e. The standard InChI is InChI=1S/C19H26N2O4/c1-3-24-13-16(22)12-20-6-8-21(9-7-20)19(23)18-11-15-10-14(2)4-5-17(15)25-18/h4-5,10-11,16,22H,3,6-9,12-13H2,1-2H3/t16-/m0/s1. The molecule has 1 saturated heterocycles. The highest BCUT2D eigenvalue weighted by atomic mass is 16.5. The Morgan fingerprint density at radius 1 is 1.28 bits per heavy atom. The molecule has 6 heteroatoms. The van der Waals surface area contributed by atoms with Crippen molar-refractivity contribution in [2.24, 2.45) is 0 Å². The summed E-state index contributed by atoms with van der Waals surface area (Å²) in [4.78, 5) is 16.6. The summed E-state index contributed by atoms with van der Waals surface area (Å²) >= 11 is 0. The number of carbonyl (C=O) groups is 1. The molecule has 0 aliphatic carbocycles. The fourth-order valence-electron chi connectivity index (χ4n) is 3.16. The third-order valence-electron chi connectivity index (χ3n) is 4.53. The van der Waals surface area contributed by atoms with E-state index < -0.39 is 6.10 Å². The molecule has 1 aliphatic heterocycles. The maximum Gasteiger partial charge on any atom is 0.289 e. The van der Waals surface area contributed by atoms with Gasteiger partial charge >= 0.3 is 0 Å². The topological polar surface area (TPSA) is 66.2 Å². The maximum absolute atomic E-state index is 12.7. The van der Waals surface area contributed by atoms with Crippen LogP contribution < -0.4 is 0 Å². The number of carbonyl (C=O) groups excluding carboxylic acids is 1. The number of hydrogen-bond acceptors (Lipinski definition) is 5. The van der Waals surface area contributed by atoms with E-state index in [1.54, 1.807) is 0 Å². The molecule has 1 atom stereocenters. The minimum atomic E-state index is -0.485. The molecule has 1 amide bonds. The van der Waals surface area contributed by atoms with Gasteiger partial charge in [0.15, 0.2) is 5.76 Å². The quantitative estimate of drug-likeness (QED) is 0.865. The molecule has 1 aliphatic rings. The van der Waals surface area contributed by atoms with Crippen LogP contribution in [0.25, 0.3) is 11.0 Å². The number of furan rings is 1. The van der Waals surface area contributed by atoms with E-state index in [4.69, 9.17) is 9.15 Å². The van der Waals surface area contributed by atoms with Crippen molar-refractivity contribution in [2.75, 3.05) is 45.9 Å². The van der Waals surface area contributed by atoms with Gasteiger partial charge in [-0.25, -0.2) is 0 Å². The summed E-state index contributed by atoms with van der Waals surface area (Å²) in [6.45, 7) is 8.23. The number of aliphatic hydroxyl groups excluding tert-OH is 1. The second-order valence-corrected chi connectivity index (χ2v) is 6.56. The number of fused-ring (bicyclic) bond motifs is 1. The number of rotatable bonds is 6. The van der Waals surface area contributed by atoms with Crippen molar-refractivity contribution in [3.05, 3.63) is 35.6 Å². The van der Waals surface area contributed by atoms with Crippen molar-refractivity contribution >= 4 is 16.9 Å². The highest BCUT2D eigenvalue weighted by Crippen LogP contribution is 2.22. The predicted octanol–water partition coefficient (Wildman–Crippen LogP) is 1.90. The van der Waals surface area contributed by atoms with E-state index in [0.29, 0.717) is 38.6 Å². The van der Waals surface area contributed by atoms with Crippen LogP contribution in [0.3, 0.4) is 0 Å². The molecule has 2 aromatic rings. The Morgan fingerprint density at radius 3 is 2.76 bits per heavy atom. The summed E-state index contributed by atoms with van der Waals surface area (Å²) in [5, 5.41) is 10.9. The fourth-order valence-corrected chi connectivity index (χ4v) is 3.16. The molecule has 2 heterocycles. The first-order valence-electron chi connectivity index (χ1n) is 8.84. The number of benzene rings is 1. The van der Waals surface area contributed by atoms with Gasteiger partial charge in [0, 0.05) is 44.7 Å². The van der Waals surface area contributed by atoms with Crippen LogP contribution in [0.5, 0.6) is 0 Å². The molecule has 0 saturated carbocycles. The fraction of sp³-hybridized carbons (Fsp3) is 0.526. The first-order chi connectivity index (χ1) is 12.1. The molecule has 1 aromatic heterocycles. The van der Waals surface area contributed by atoms with E-state index >= 15 is 0 Å². The Morgan fingerprint density at radius 2 is 2.04 bits per heavy atom. The van der Waals surface area contributed by atoms with Crippen LogP contribution in [0.1, 0.15) is 23.0 Å². The largest absolute Gasteiger partial charge is 0.451 e. The lowest BCUT2D eigenvalue weighted by Crippen LogP contribution is -2.50. The number of ether oxygens (including phenoxy) is 1. The van der Waals surface area contributed by atoms with Crippen molar-refractivity contribution < 1.29 is 19.1 Å². The van der Waals surface area contributed by atoms with Gasteiger partial charge in [0.25, 0.3) is 5.91 Å². The van der Waals surface area contributed by atoms with Gasteiger partial charge in [-0.2, -0.15) is 0 Å². The minimum Gasteiger partial charge on any atom is -0.451 e. The molecule has 0 radical (unpaired) electrons. The Balaban J connectivity index is 1.55. The molecule has 25 heavy (non-hydrogen) atoms. The molecular weight excluding hydrogens is 320 g/mol. The zero-order valence-corrected chi connectivity index (χ0v) is 14.9. The molecule has 0 spiro atoms. The van der Waals surface area contributed by atoms with Crippen LogP contribution in [0, 0.1) is 6.92 Å². The monoisotopic (exact) mass is 346 g/mol. The van der Waals surface area contributed by atoms with Gasteiger partial charge in [-0.3, -0.25) is 9.69 Å².